The molecule has 0 bridgehead atoms. The highest BCUT2D eigenvalue weighted by Gasteiger charge is 2.23. The van der Waals surface area contributed by atoms with Crippen molar-refractivity contribution in [1.29, 1.82) is 0 Å². The van der Waals surface area contributed by atoms with Gasteiger partial charge in [0, 0.05) is 40.5 Å². The van der Waals surface area contributed by atoms with Crippen molar-refractivity contribution in [2.45, 2.75) is 13.0 Å². The summed E-state index contributed by atoms with van der Waals surface area (Å²) >= 11 is 1.65. The molecule has 4 nitrogen and oxygen atoms in total. The minimum atomic E-state index is 0.108. The van der Waals surface area contributed by atoms with E-state index in [2.05, 4.69) is 15.3 Å². The number of aliphatic hydroxyl groups excluding tert-OH is 1. The molecule has 82 valence electrons. The van der Waals surface area contributed by atoms with Gasteiger partial charge < -0.3 is 10.4 Å². The zero-order valence-electron chi connectivity index (χ0n) is 8.82. The SMILES string of the molecule is CNc1ncc2c(n1)-c1cc(CO)sc1C2. The smallest absolute Gasteiger partial charge is 0.222 e. The molecule has 0 saturated carbocycles. The molecule has 1 aliphatic carbocycles. The molecule has 2 aromatic rings. The first-order valence-corrected chi connectivity index (χ1v) is 5.90. The summed E-state index contributed by atoms with van der Waals surface area (Å²) in [6.45, 7) is 0.108. The van der Waals surface area contributed by atoms with E-state index in [1.807, 2.05) is 19.3 Å². The van der Waals surface area contributed by atoms with E-state index in [1.165, 1.54) is 10.4 Å². The Hall–Kier alpha value is -1.46. The molecule has 0 saturated heterocycles. The highest BCUT2D eigenvalue weighted by atomic mass is 32.1. The minimum Gasteiger partial charge on any atom is -0.391 e. The highest BCUT2D eigenvalue weighted by Crippen LogP contribution is 2.40. The van der Waals surface area contributed by atoms with Crippen molar-refractivity contribution in [1.82, 2.24) is 9.97 Å². The molecule has 0 amide bonds. The molecule has 0 atom stereocenters. The fourth-order valence-electron chi connectivity index (χ4n) is 1.96. The van der Waals surface area contributed by atoms with Gasteiger partial charge in [-0.3, -0.25) is 0 Å². The molecule has 16 heavy (non-hydrogen) atoms. The number of thiophene rings is 1. The van der Waals surface area contributed by atoms with Gasteiger partial charge >= 0.3 is 0 Å². The predicted octanol–water partition coefficient (Wildman–Crippen LogP) is 1.64. The Labute approximate surface area is 97.0 Å². The number of aromatic nitrogens is 2. The lowest BCUT2D eigenvalue weighted by molar-refractivity contribution is 0.285. The summed E-state index contributed by atoms with van der Waals surface area (Å²) < 4.78 is 0. The van der Waals surface area contributed by atoms with E-state index in [0.29, 0.717) is 5.95 Å². The van der Waals surface area contributed by atoms with Crippen LogP contribution in [0.3, 0.4) is 0 Å². The van der Waals surface area contributed by atoms with Crippen molar-refractivity contribution in [3.8, 4) is 11.3 Å². The molecule has 0 aliphatic heterocycles. The van der Waals surface area contributed by atoms with Crippen molar-refractivity contribution in [3.63, 3.8) is 0 Å². The van der Waals surface area contributed by atoms with Crippen LogP contribution >= 0.6 is 11.3 Å². The monoisotopic (exact) mass is 233 g/mol. The first-order valence-electron chi connectivity index (χ1n) is 5.08. The molecule has 0 aromatic carbocycles. The fourth-order valence-corrected chi connectivity index (χ4v) is 3.01. The normalized spacial score (nSPS) is 12.4. The van der Waals surface area contributed by atoms with E-state index >= 15 is 0 Å². The molecule has 0 unspecified atom stereocenters. The predicted molar refractivity (Wildman–Crippen MR) is 63.6 cm³/mol. The highest BCUT2D eigenvalue weighted by molar-refractivity contribution is 7.12. The third-order valence-electron chi connectivity index (χ3n) is 2.71. The van der Waals surface area contributed by atoms with Crippen LogP contribution in [-0.4, -0.2) is 22.1 Å². The van der Waals surface area contributed by atoms with Crippen LogP contribution in [0.5, 0.6) is 0 Å². The molecular formula is C11H11N3OS. The quantitative estimate of drug-likeness (QED) is 0.706. The van der Waals surface area contributed by atoms with Gasteiger partial charge in [0.1, 0.15) is 0 Å². The van der Waals surface area contributed by atoms with Crippen LogP contribution in [0.25, 0.3) is 11.3 Å². The van der Waals surface area contributed by atoms with E-state index in [9.17, 15) is 0 Å². The lowest BCUT2D eigenvalue weighted by Crippen LogP contribution is -1.97. The summed E-state index contributed by atoms with van der Waals surface area (Å²) in [7, 11) is 1.81. The van der Waals surface area contributed by atoms with E-state index in [-0.39, 0.29) is 6.61 Å². The van der Waals surface area contributed by atoms with Crippen LogP contribution in [0.15, 0.2) is 12.3 Å². The maximum atomic E-state index is 9.11. The van der Waals surface area contributed by atoms with Gasteiger partial charge in [0.25, 0.3) is 0 Å². The van der Waals surface area contributed by atoms with Crippen LogP contribution in [0.1, 0.15) is 15.3 Å². The van der Waals surface area contributed by atoms with Gasteiger partial charge in [-0.05, 0) is 6.07 Å². The number of hydrogen-bond donors (Lipinski definition) is 2. The maximum absolute atomic E-state index is 9.11. The number of anilines is 1. The van der Waals surface area contributed by atoms with Gasteiger partial charge in [0.05, 0.1) is 12.3 Å². The minimum absolute atomic E-state index is 0.108. The van der Waals surface area contributed by atoms with E-state index < -0.39 is 0 Å². The van der Waals surface area contributed by atoms with Crippen LogP contribution < -0.4 is 5.32 Å². The molecule has 2 aromatic heterocycles. The Morgan fingerprint density at radius 1 is 1.56 bits per heavy atom. The summed E-state index contributed by atoms with van der Waals surface area (Å²) in [5, 5.41) is 12.0. The third-order valence-corrected chi connectivity index (χ3v) is 3.83. The number of nitrogens with zero attached hydrogens (tertiary/aromatic N) is 2. The number of hydrogen-bond acceptors (Lipinski definition) is 5. The summed E-state index contributed by atoms with van der Waals surface area (Å²) in [5.41, 5.74) is 3.33. The van der Waals surface area contributed by atoms with Crippen molar-refractivity contribution in [2.75, 3.05) is 12.4 Å². The molecule has 2 N–H and O–H groups in total. The zero-order chi connectivity index (χ0) is 11.1. The summed E-state index contributed by atoms with van der Waals surface area (Å²) in [5.74, 6) is 0.642. The molecule has 0 fully saturated rings. The van der Waals surface area contributed by atoms with Gasteiger partial charge in [-0.15, -0.1) is 11.3 Å². The summed E-state index contributed by atoms with van der Waals surface area (Å²) in [6, 6.07) is 2.03. The lowest BCUT2D eigenvalue weighted by atomic mass is 10.2. The Morgan fingerprint density at radius 3 is 3.19 bits per heavy atom. The number of aliphatic hydroxyl groups is 1. The fraction of sp³-hybridized carbons (Fsp3) is 0.273. The van der Waals surface area contributed by atoms with E-state index in [1.54, 1.807) is 11.3 Å². The Morgan fingerprint density at radius 2 is 2.44 bits per heavy atom. The molecule has 5 heteroatoms. The zero-order valence-corrected chi connectivity index (χ0v) is 9.64. The summed E-state index contributed by atoms with van der Waals surface area (Å²) in [6.07, 6.45) is 2.76. The standard InChI is InChI=1S/C11H11N3OS/c1-12-11-13-4-6-2-9-8(10(6)14-11)3-7(5-15)16-9/h3-4,15H,2,5H2,1H3,(H,12,13,14). The Kier molecular flexibility index (Phi) is 2.15. The Balaban J connectivity index is 2.14. The number of fused-ring (bicyclic) bond motifs is 3. The average molecular weight is 233 g/mol. The van der Waals surface area contributed by atoms with Gasteiger partial charge in [-0.25, -0.2) is 9.97 Å². The van der Waals surface area contributed by atoms with Crippen molar-refractivity contribution >= 4 is 17.3 Å². The van der Waals surface area contributed by atoms with E-state index in [4.69, 9.17) is 5.11 Å². The molecule has 0 spiro atoms. The third kappa shape index (κ3) is 1.32. The summed E-state index contributed by atoms with van der Waals surface area (Å²) in [4.78, 5) is 11.0. The van der Waals surface area contributed by atoms with Crippen molar-refractivity contribution in [2.24, 2.45) is 0 Å². The molecule has 1 aliphatic rings. The van der Waals surface area contributed by atoms with Gasteiger partial charge in [0.2, 0.25) is 5.95 Å². The van der Waals surface area contributed by atoms with Gasteiger partial charge in [-0.2, -0.15) is 0 Å². The first kappa shape index (κ1) is 9.74. The molecule has 3 rings (SSSR count). The Bertz CT molecular complexity index is 550. The van der Waals surface area contributed by atoms with Crippen molar-refractivity contribution < 1.29 is 5.11 Å². The van der Waals surface area contributed by atoms with Gasteiger partial charge in [0.15, 0.2) is 0 Å². The second-order valence-corrected chi connectivity index (χ2v) is 4.92. The second-order valence-electron chi connectivity index (χ2n) is 3.70. The number of nitrogens with one attached hydrogen (secondary N) is 1. The van der Waals surface area contributed by atoms with Crippen LogP contribution in [-0.2, 0) is 13.0 Å². The van der Waals surface area contributed by atoms with E-state index in [0.717, 1.165) is 22.6 Å². The lowest BCUT2D eigenvalue weighted by Gasteiger charge is -2.01. The molecule has 0 radical (unpaired) electrons. The van der Waals surface area contributed by atoms with Crippen LogP contribution in [0.2, 0.25) is 0 Å². The largest absolute Gasteiger partial charge is 0.391 e. The second kappa shape index (κ2) is 3.54. The molecular weight excluding hydrogens is 222 g/mol. The number of rotatable bonds is 2. The topological polar surface area (TPSA) is 58.0 Å². The first-order chi connectivity index (χ1) is 7.81. The average Bonchev–Trinajstić information content (AvgIpc) is 2.85. The van der Waals surface area contributed by atoms with Gasteiger partial charge in [-0.1, -0.05) is 0 Å². The molecule has 2 heterocycles. The maximum Gasteiger partial charge on any atom is 0.222 e. The van der Waals surface area contributed by atoms with Crippen molar-refractivity contribution in [3.05, 3.63) is 27.6 Å². The van der Waals surface area contributed by atoms with Crippen LogP contribution in [0.4, 0.5) is 5.95 Å². The van der Waals surface area contributed by atoms with Crippen LogP contribution in [0, 0.1) is 0 Å².